The third-order valence-electron chi connectivity index (χ3n) is 9.23. The highest BCUT2D eigenvalue weighted by atomic mass is 35.5. The summed E-state index contributed by atoms with van der Waals surface area (Å²) in [5, 5.41) is 3.98. The van der Waals surface area contributed by atoms with E-state index in [0.29, 0.717) is 16.4 Å². The highest BCUT2D eigenvalue weighted by Gasteiger charge is 2.29. The largest absolute Gasteiger partial charge is 0.305 e. The van der Waals surface area contributed by atoms with Gasteiger partial charge in [-0.2, -0.15) is 0 Å². The van der Waals surface area contributed by atoms with Crippen LogP contribution in [-0.2, 0) is 0 Å². The van der Waals surface area contributed by atoms with Crippen LogP contribution in [0.3, 0.4) is 0 Å². The Bertz CT molecular complexity index is 2540. The lowest BCUT2D eigenvalue weighted by Crippen LogP contribution is -2.11. The zero-order valence-corrected chi connectivity index (χ0v) is 26.9. The first-order valence-electron chi connectivity index (χ1n) is 16.1. The fourth-order valence-electron chi connectivity index (χ4n) is 7.01. The highest BCUT2D eigenvalue weighted by molar-refractivity contribution is 6.35. The van der Waals surface area contributed by atoms with Crippen LogP contribution < -0.4 is 4.90 Å². The first kappa shape index (κ1) is 28.9. The van der Waals surface area contributed by atoms with Gasteiger partial charge in [0.15, 0.2) is 0 Å². The van der Waals surface area contributed by atoms with E-state index in [2.05, 4.69) is 124 Å². The molecule has 0 radical (unpaired) electrons. The minimum absolute atomic E-state index is 0.339. The van der Waals surface area contributed by atoms with Gasteiger partial charge >= 0.3 is 0 Å². The van der Waals surface area contributed by atoms with Gasteiger partial charge in [0.1, 0.15) is 11.5 Å². The number of nitrogens with zero attached hydrogens (tertiary/aromatic N) is 4. The molecule has 0 spiro atoms. The minimum Gasteiger partial charge on any atom is -0.305 e. The van der Waals surface area contributed by atoms with E-state index in [0.717, 1.165) is 72.9 Å². The summed E-state index contributed by atoms with van der Waals surface area (Å²) in [7, 11) is 0. The second kappa shape index (κ2) is 11.7. The van der Waals surface area contributed by atoms with E-state index in [-0.39, 0.29) is 0 Å². The average molecular weight is 651 g/mol. The Hall–Kier alpha value is -6.30. The fourth-order valence-corrected chi connectivity index (χ4v) is 7.27. The van der Waals surface area contributed by atoms with Crippen LogP contribution in [-0.4, -0.2) is 9.55 Å². The predicted molar refractivity (Wildman–Crippen MR) is 202 cm³/mol. The molecule has 232 valence electrons. The molecule has 0 saturated heterocycles. The van der Waals surface area contributed by atoms with Gasteiger partial charge in [-0.05, 0) is 82.0 Å². The molecule has 0 unspecified atom stereocenters. The van der Waals surface area contributed by atoms with Crippen molar-refractivity contribution in [1.29, 1.82) is 0 Å². The highest BCUT2D eigenvalue weighted by Crippen LogP contribution is 2.54. The second-order valence-corrected chi connectivity index (χ2v) is 12.4. The number of nitroso groups, excluding NO2 is 1. The number of halogens is 1. The number of fused-ring (bicyclic) bond motifs is 6. The maximum absolute atomic E-state index is 12.1. The van der Waals surface area contributed by atoms with Crippen LogP contribution >= 0.6 is 11.6 Å². The first-order chi connectivity index (χ1) is 24.2. The summed E-state index contributed by atoms with van der Waals surface area (Å²) in [6.45, 7) is 0. The molecule has 0 atom stereocenters. The zero-order valence-electron chi connectivity index (χ0n) is 26.2. The van der Waals surface area contributed by atoms with E-state index in [1.54, 1.807) is 6.07 Å². The summed E-state index contributed by atoms with van der Waals surface area (Å²) >= 11 is 7.00. The molecule has 0 fully saturated rings. The smallest absolute Gasteiger partial charge is 0.145 e. The maximum Gasteiger partial charge on any atom is 0.145 e. The summed E-state index contributed by atoms with van der Waals surface area (Å²) in [4.78, 5) is 19.2. The van der Waals surface area contributed by atoms with Gasteiger partial charge in [0.2, 0.25) is 0 Å². The standard InChI is InChI=1S/C43H27ClN4O/c44-36-16-10-15-34-32-13-4-5-14-33(32)35-27-30(25-26-39(35)48(42(34)36)41-20-9-7-18-38(41)46-49)28-21-23-29(24-22-28)43-45-37-17-6-8-19-40(37)47(43)31-11-2-1-3-12-31/h1-27H. The SMILES string of the molecule is O=Nc1ccccc1N1c2ccc(-c3ccc(-c4nc5ccccc5n4-c4ccccc4)cc3)cc2-c2ccccc2-c2cccc(Cl)c21. The van der Waals surface area contributed by atoms with Crippen molar-refractivity contribution in [2.75, 3.05) is 4.90 Å². The van der Waals surface area contributed by atoms with Crippen molar-refractivity contribution in [3.05, 3.63) is 174 Å². The van der Waals surface area contributed by atoms with E-state index < -0.39 is 0 Å². The minimum atomic E-state index is 0.339. The Kier molecular flexibility index (Phi) is 6.92. The average Bonchev–Trinajstić information content (AvgIpc) is 3.50. The van der Waals surface area contributed by atoms with Crippen LogP contribution in [0.25, 0.3) is 61.5 Å². The second-order valence-electron chi connectivity index (χ2n) is 12.0. The van der Waals surface area contributed by atoms with E-state index in [1.165, 1.54) is 0 Å². The van der Waals surface area contributed by atoms with Crippen molar-refractivity contribution < 1.29 is 0 Å². The van der Waals surface area contributed by atoms with Crippen LogP contribution in [0.5, 0.6) is 0 Å². The summed E-state index contributed by atoms with van der Waals surface area (Å²) in [6, 6.07) is 55.4. The van der Waals surface area contributed by atoms with E-state index in [1.807, 2.05) is 48.5 Å². The molecule has 1 aliphatic rings. The number of benzene rings is 7. The Morgan fingerprint density at radius 3 is 2.00 bits per heavy atom. The first-order valence-corrected chi connectivity index (χ1v) is 16.5. The number of hydrogen-bond donors (Lipinski definition) is 0. The zero-order chi connectivity index (χ0) is 32.9. The van der Waals surface area contributed by atoms with E-state index in [9.17, 15) is 4.91 Å². The summed E-state index contributed by atoms with van der Waals surface area (Å²) in [5.74, 6) is 0.891. The van der Waals surface area contributed by atoms with Crippen molar-refractivity contribution in [1.82, 2.24) is 9.55 Å². The molecule has 0 amide bonds. The molecule has 6 heteroatoms. The quantitative estimate of drug-likeness (QED) is 0.174. The lowest BCUT2D eigenvalue weighted by Gasteiger charge is -2.28. The maximum atomic E-state index is 12.1. The number of hydrogen-bond acceptors (Lipinski definition) is 4. The molecule has 2 heterocycles. The summed E-state index contributed by atoms with van der Waals surface area (Å²) in [5.41, 5.74) is 13.1. The third-order valence-corrected chi connectivity index (χ3v) is 9.53. The molecule has 5 nitrogen and oxygen atoms in total. The van der Waals surface area contributed by atoms with Crippen molar-refractivity contribution >= 4 is 45.4 Å². The normalized spacial score (nSPS) is 11.8. The van der Waals surface area contributed by atoms with Crippen molar-refractivity contribution in [2.45, 2.75) is 0 Å². The van der Waals surface area contributed by atoms with Gasteiger partial charge in [0.25, 0.3) is 0 Å². The molecule has 0 saturated carbocycles. The third kappa shape index (κ3) is 4.74. The molecule has 7 aromatic carbocycles. The molecular weight excluding hydrogens is 624 g/mol. The van der Waals surface area contributed by atoms with Crippen molar-refractivity contribution in [3.63, 3.8) is 0 Å². The number of aromatic nitrogens is 2. The van der Waals surface area contributed by atoms with E-state index >= 15 is 0 Å². The number of imidazole rings is 1. The molecule has 1 aromatic heterocycles. The summed E-state index contributed by atoms with van der Waals surface area (Å²) in [6.07, 6.45) is 0. The van der Waals surface area contributed by atoms with Crippen LogP contribution in [0.4, 0.5) is 22.7 Å². The van der Waals surface area contributed by atoms with Gasteiger partial charge in [0, 0.05) is 22.4 Å². The Morgan fingerprint density at radius 2 is 1.18 bits per heavy atom. The monoisotopic (exact) mass is 650 g/mol. The Labute approximate surface area is 288 Å². The van der Waals surface area contributed by atoms with Crippen molar-refractivity contribution in [3.8, 4) is 50.5 Å². The molecule has 0 bridgehead atoms. The van der Waals surface area contributed by atoms with Crippen molar-refractivity contribution in [2.24, 2.45) is 5.18 Å². The molecule has 0 aliphatic carbocycles. The number of rotatable bonds is 5. The van der Waals surface area contributed by atoms with Crippen LogP contribution in [0, 0.1) is 4.91 Å². The number of anilines is 3. The molecule has 9 rings (SSSR count). The Balaban J connectivity index is 1.21. The van der Waals surface area contributed by atoms with E-state index in [4.69, 9.17) is 16.6 Å². The van der Waals surface area contributed by atoms with Gasteiger partial charge in [-0.15, -0.1) is 4.91 Å². The van der Waals surface area contributed by atoms with Gasteiger partial charge in [-0.3, -0.25) is 4.57 Å². The van der Waals surface area contributed by atoms with Gasteiger partial charge in [0.05, 0.1) is 33.1 Å². The molecule has 8 aromatic rings. The topological polar surface area (TPSA) is 50.5 Å². The van der Waals surface area contributed by atoms with Gasteiger partial charge in [-0.25, -0.2) is 4.98 Å². The lowest BCUT2D eigenvalue weighted by molar-refractivity contribution is 1.10. The fraction of sp³-hybridized carbons (Fsp3) is 0. The number of para-hydroxylation sites is 5. The Morgan fingerprint density at radius 1 is 0.531 bits per heavy atom. The predicted octanol–water partition coefficient (Wildman–Crippen LogP) is 12.5. The molecular formula is C43H27ClN4O. The lowest BCUT2D eigenvalue weighted by atomic mass is 9.92. The molecule has 0 N–H and O–H groups in total. The summed E-state index contributed by atoms with van der Waals surface area (Å²) < 4.78 is 2.22. The van der Waals surface area contributed by atoms with Gasteiger partial charge < -0.3 is 4.90 Å². The van der Waals surface area contributed by atoms with Crippen LogP contribution in [0.1, 0.15) is 0 Å². The van der Waals surface area contributed by atoms with Crippen LogP contribution in [0.15, 0.2) is 169 Å². The van der Waals surface area contributed by atoms with Gasteiger partial charge in [-0.1, -0.05) is 121 Å². The van der Waals surface area contributed by atoms with Crippen LogP contribution in [0.2, 0.25) is 5.02 Å². The molecule has 1 aliphatic heterocycles. The molecule has 49 heavy (non-hydrogen) atoms.